The van der Waals surface area contributed by atoms with Crippen LogP contribution in [-0.4, -0.2) is 41.7 Å². The summed E-state index contributed by atoms with van der Waals surface area (Å²) in [7, 11) is 0. The lowest BCUT2D eigenvalue weighted by molar-refractivity contribution is -0.140. The Kier molecular flexibility index (Phi) is 5.62. The maximum absolute atomic E-state index is 12.5. The average molecular weight is 316 g/mol. The van der Waals surface area contributed by atoms with Gasteiger partial charge in [0.2, 0.25) is 0 Å². The van der Waals surface area contributed by atoms with Gasteiger partial charge in [0.1, 0.15) is 5.75 Å². The molecule has 0 aliphatic carbocycles. The highest BCUT2D eigenvalue weighted by Gasteiger charge is 2.35. The van der Waals surface area contributed by atoms with Crippen LogP contribution in [-0.2, 0) is 4.79 Å². The third kappa shape index (κ3) is 4.02. The molecule has 1 amide bonds. The number of likely N-dealkylation sites (tertiary alicyclic amines) is 1. The molecule has 1 N–H and O–H groups in total. The number of aliphatic hydroxyl groups excluding tert-OH is 1. The van der Waals surface area contributed by atoms with E-state index in [0.29, 0.717) is 24.4 Å². The fourth-order valence-electron chi connectivity index (χ4n) is 2.98. The van der Waals surface area contributed by atoms with Gasteiger partial charge in [-0.05, 0) is 49.8 Å². The summed E-state index contributed by atoms with van der Waals surface area (Å²) in [5.74, 6) is 0.482. The zero-order chi connectivity index (χ0) is 16.9. The van der Waals surface area contributed by atoms with E-state index in [4.69, 9.17) is 10.00 Å². The smallest absolute Gasteiger partial charge is 0.263 e. The predicted octanol–water partition coefficient (Wildman–Crippen LogP) is 2.34. The van der Waals surface area contributed by atoms with E-state index >= 15 is 0 Å². The Labute approximate surface area is 137 Å². The van der Waals surface area contributed by atoms with Crippen molar-refractivity contribution >= 4 is 5.91 Å². The number of carbonyl (C=O) groups excluding carboxylic acids is 1. The molecule has 1 saturated heterocycles. The van der Waals surface area contributed by atoms with Crippen molar-refractivity contribution in [2.24, 2.45) is 5.41 Å². The summed E-state index contributed by atoms with van der Waals surface area (Å²) in [5.41, 5.74) is 0.470. The van der Waals surface area contributed by atoms with Crippen LogP contribution in [0.15, 0.2) is 24.3 Å². The van der Waals surface area contributed by atoms with Gasteiger partial charge in [0.25, 0.3) is 5.91 Å². The molecule has 1 atom stereocenters. The van der Waals surface area contributed by atoms with Gasteiger partial charge >= 0.3 is 0 Å². The third-order valence-electron chi connectivity index (χ3n) is 4.84. The van der Waals surface area contributed by atoms with Gasteiger partial charge in [0.05, 0.1) is 11.6 Å². The molecule has 124 valence electrons. The SMILES string of the molecule is CCC1(CO)CCN(C(=O)C(C)Oc2cccc(C#N)c2)CC1. The Morgan fingerprint density at radius 1 is 1.48 bits per heavy atom. The van der Waals surface area contributed by atoms with Gasteiger partial charge < -0.3 is 14.7 Å². The zero-order valence-electron chi connectivity index (χ0n) is 13.8. The number of carbonyl (C=O) groups is 1. The second-order valence-corrected chi connectivity index (χ2v) is 6.24. The zero-order valence-corrected chi connectivity index (χ0v) is 13.8. The first-order valence-corrected chi connectivity index (χ1v) is 8.10. The molecule has 1 aliphatic rings. The Morgan fingerprint density at radius 3 is 2.74 bits per heavy atom. The Hall–Kier alpha value is -2.06. The number of piperidine rings is 1. The topological polar surface area (TPSA) is 73.6 Å². The number of benzene rings is 1. The molecule has 0 spiro atoms. The van der Waals surface area contributed by atoms with Gasteiger partial charge in [-0.15, -0.1) is 0 Å². The highest BCUT2D eigenvalue weighted by Crippen LogP contribution is 2.34. The first-order valence-electron chi connectivity index (χ1n) is 8.10. The lowest BCUT2D eigenvalue weighted by atomic mass is 9.77. The van der Waals surface area contributed by atoms with Crippen molar-refractivity contribution < 1.29 is 14.6 Å². The van der Waals surface area contributed by atoms with E-state index in [-0.39, 0.29) is 17.9 Å². The standard InChI is InChI=1S/C18H24N2O3/c1-3-18(13-21)7-9-20(10-8-18)17(22)14(2)23-16-6-4-5-15(11-16)12-19/h4-6,11,14,21H,3,7-10,13H2,1-2H3. The molecule has 1 fully saturated rings. The summed E-state index contributed by atoms with van der Waals surface area (Å²) in [5, 5.41) is 18.5. The van der Waals surface area contributed by atoms with Crippen LogP contribution < -0.4 is 4.74 Å². The number of ether oxygens (including phenoxy) is 1. The van der Waals surface area contributed by atoms with Crippen LogP contribution in [0, 0.1) is 16.7 Å². The summed E-state index contributed by atoms with van der Waals surface area (Å²) >= 11 is 0. The van der Waals surface area contributed by atoms with Crippen molar-refractivity contribution in [2.75, 3.05) is 19.7 Å². The van der Waals surface area contributed by atoms with Gasteiger partial charge in [0, 0.05) is 19.7 Å². The lowest BCUT2D eigenvalue weighted by Gasteiger charge is -2.40. The average Bonchev–Trinajstić information content (AvgIpc) is 2.61. The fourth-order valence-corrected chi connectivity index (χ4v) is 2.98. The Balaban J connectivity index is 1.94. The maximum Gasteiger partial charge on any atom is 0.263 e. The van der Waals surface area contributed by atoms with Gasteiger partial charge in [-0.3, -0.25) is 4.79 Å². The van der Waals surface area contributed by atoms with E-state index in [1.165, 1.54) is 0 Å². The number of aliphatic hydroxyl groups is 1. The van der Waals surface area contributed by atoms with Crippen molar-refractivity contribution in [2.45, 2.75) is 39.2 Å². The molecule has 0 bridgehead atoms. The van der Waals surface area contributed by atoms with E-state index < -0.39 is 6.10 Å². The molecule has 23 heavy (non-hydrogen) atoms. The van der Waals surface area contributed by atoms with E-state index in [1.54, 1.807) is 31.2 Å². The molecule has 1 aliphatic heterocycles. The van der Waals surface area contributed by atoms with Crippen molar-refractivity contribution in [3.8, 4) is 11.8 Å². The van der Waals surface area contributed by atoms with Gasteiger partial charge in [-0.2, -0.15) is 5.26 Å². The molecule has 0 aromatic heterocycles. The minimum Gasteiger partial charge on any atom is -0.481 e. The summed E-state index contributed by atoms with van der Waals surface area (Å²) in [6.45, 7) is 5.30. The van der Waals surface area contributed by atoms with Crippen LogP contribution >= 0.6 is 0 Å². The molecule has 0 saturated carbocycles. The van der Waals surface area contributed by atoms with Gasteiger partial charge in [-0.25, -0.2) is 0 Å². The fraction of sp³-hybridized carbons (Fsp3) is 0.556. The summed E-state index contributed by atoms with van der Waals surface area (Å²) in [4.78, 5) is 14.3. The highest BCUT2D eigenvalue weighted by molar-refractivity contribution is 5.81. The van der Waals surface area contributed by atoms with E-state index in [0.717, 1.165) is 19.3 Å². The molecule has 5 nitrogen and oxygen atoms in total. The summed E-state index contributed by atoms with van der Waals surface area (Å²) in [6, 6.07) is 8.87. The maximum atomic E-state index is 12.5. The van der Waals surface area contributed by atoms with Gasteiger partial charge in [0.15, 0.2) is 6.10 Å². The molecule has 1 aromatic carbocycles. The minimum absolute atomic E-state index is 0.0397. The molecular weight excluding hydrogens is 292 g/mol. The van der Waals surface area contributed by atoms with Crippen molar-refractivity contribution in [3.63, 3.8) is 0 Å². The predicted molar refractivity (Wildman–Crippen MR) is 86.9 cm³/mol. The first kappa shape index (κ1) is 17.3. The number of hydrogen-bond donors (Lipinski definition) is 1. The van der Waals surface area contributed by atoms with Crippen molar-refractivity contribution in [3.05, 3.63) is 29.8 Å². The largest absolute Gasteiger partial charge is 0.481 e. The van der Waals surface area contributed by atoms with E-state index in [9.17, 15) is 9.90 Å². The van der Waals surface area contributed by atoms with Crippen LogP contribution in [0.3, 0.4) is 0 Å². The van der Waals surface area contributed by atoms with Gasteiger partial charge in [-0.1, -0.05) is 13.0 Å². The highest BCUT2D eigenvalue weighted by atomic mass is 16.5. The number of hydrogen-bond acceptors (Lipinski definition) is 4. The molecule has 1 aromatic rings. The van der Waals surface area contributed by atoms with Crippen LogP contribution in [0.2, 0.25) is 0 Å². The molecule has 5 heteroatoms. The van der Waals surface area contributed by atoms with Crippen molar-refractivity contribution in [1.82, 2.24) is 4.90 Å². The molecule has 1 unspecified atom stereocenters. The number of rotatable bonds is 5. The summed E-state index contributed by atoms with van der Waals surface area (Å²) in [6.07, 6.45) is 1.98. The van der Waals surface area contributed by atoms with Crippen LogP contribution in [0.4, 0.5) is 0 Å². The first-order chi connectivity index (χ1) is 11.0. The lowest BCUT2D eigenvalue weighted by Crippen LogP contribution is -2.48. The molecule has 1 heterocycles. The molecule has 0 radical (unpaired) electrons. The Bertz CT molecular complexity index is 580. The monoisotopic (exact) mass is 316 g/mol. The molecular formula is C18H24N2O3. The van der Waals surface area contributed by atoms with Crippen LogP contribution in [0.25, 0.3) is 0 Å². The number of nitriles is 1. The van der Waals surface area contributed by atoms with Crippen LogP contribution in [0.5, 0.6) is 5.75 Å². The minimum atomic E-state index is -0.591. The van der Waals surface area contributed by atoms with Crippen LogP contribution in [0.1, 0.15) is 38.7 Å². The third-order valence-corrected chi connectivity index (χ3v) is 4.84. The van der Waals surface area contributed by atoms with E-state index in [2.05, 4.69) is 13.0 Å². The number of amides is 1. The summed E-state index contributed by atoms with van der Waals surface area (Å²) < 4.78 is 5.68. The number of nitrogens with zero attached hydrogens (tertiary/aromatic N) is 2. The molecule has 2 rings (SSSR count). The normalized spacial score (nSPS) is 18.1. The quantitative estimate of drug-likeness (QED) is 0.905. The Morgan fingerprint density at radius 2 is 2.17 bits per heavy atom. The van der Waals surface area contributed by atoms with E-state index in [1.807, 2.05) is 4.90 Å². The second-order valence-electron chi connectivity index (χ2n) is 6.24. The second kappa shape index (κ2) is 7.47. The van der Waals surface area contributed by atoms with Crippen molar-refractivity contribution in [1.29, 1.82) is 5.26 Å².